The van der Waals surface area contributed by atoms with E-state index in [2.05, 4.69) is 20.4 Å². The number of H-pyrrole nitrogens is 1. The molecule has 7 nitrogen and oxygen atoms in total. The summed E-state index contributed by atoms with van der Waals surface area (Å²) in [7, 11) is 0. The summed E-state index contributed by atoms with van der Waals surface area (Å²) in [6.07, 6.45) is 3.98. The van der Waals surface area contributed by atoms with Gasteiger partial charge in [-0.1, -0.05) is 0 Å². The molecule has 3 fully saturated rings. The summed E-state index contributed by atoms with van der Waals surface area (Å²) in [5.41, 5.74) is 5.94. The number of carbonyl (C=O) groups excluding carboxylic acids is 1. The van der Waals surface area contributed by atoms with Crippen LogP contribution in [0.25, 0.3) is 0 Å². The summed E-state index contributed by atoms with van der Waals surface area (Å²) in [4.78, 5) is 14.6. The Kier molecular flexibility index (Phi) is 3.11. The van der Waals surface area contributed by atoms with E-state index in [1.165, 1.54) is 12.8 Å². The Morgan fingerprint density at radius 3 is 3.05 bits per heavy atom. The molecule has 1 aliphatic carbocycles. The lowest BCUT2D eigenvalue weighted by Crippen LogP contribution is -2.47. The molecule has 1 amide bonds. The number of aromatic nitrogens is 2. The van der Waals surface area contributed by atoms with E-state index in [9.17, 15) is 4.79 Å². The van der Waals surface area contributed by atoms with Crippen molar-refractivity contribution in [2.45, 2.75) is 37.5 Å². The van der Waals surface area contributed by atoms with Crippen molar-refractivity contribution in [3.8, 4) is 0 Å². The number of nitrogens with one attached hydrogen (secondary N) is 2. The van der Waals surface area contributed by atoms with Gasteiger partial charge in [-0.3, -0.25) is 14.8 Å². The molecule has 0 unspecified atom stereocenters. The van der Waals surface area contributed by atoms with Crippen LogP contribution in [0.4, 0.5) is 5.82 Å². The number of carbonyl (C=O) groups is 1. The van der Waals surface area contributed by atoms with Crippen molar-refractivity contribution in [1.82, 2.24) is 20.4 Å². The van der Waals surface area contributed by atoms with Crippen LogP contribution in [-0.2, 0) is 4.74 Å². The van der Waals surface area contributed by atoms with Crippen LogP contribution in [-0.4, -0.2) is 58.9 Å². The molecule has 0 bridgehead atoms. The van der Waals surface area contributed by atoms with Gasteiger partial charge < -0.3 is 15.8 Å². The molecule has 2 saturated heterocycles. The summed E-state index contributed by atoms with van der Waals surface area (Å²) < 4.78 is 5.97. The number of aromatic amines is 1. The Morgan fingerprint density at radius 1 is 1.48 bits per heavy atom. The molecule has 21 heavy (non-hydrogen) atoms. The molecule has 7 heteroatoms. The maximum Gasteiger partial charge on any atom is 0.269 e. The Morgan fingerprint density at radius 2 is 2.33 bits per heavy atom. The van der Waals surface area contributed by atoms with Gasteiger partial charge in [0, 0.05) is 31.2 Å². The quantitative estimate of drug-likeness (QED) is 0.727. The molecule has 0 radical (unpaired) electrons. The molecule has 0 spiro atoms. The summed E-state index contributed by atoms with van der Waals surface area (Å²) in [5.74, 6) is 0.973. The number of nitrogen functional groups attached to an aromatic ring is 1. The van der Waals surface area contributed by atoms with Crippen LogP contribution in [0.1, 0.15) is 29.8 Å². The lowest BCUT2D eigenvalue weighted by molar-refractivity contribution is -0.0581. The third-order valence-electron chi connectivity index (χ3n) is 4.77. The number of anilines is 1. The number of nitrogens with two attached hydrogens (primary N) is 1. The number of fused-ring (bicyclic) bond motifs is 1. The van der Waals surface area contributed by atoms with Crippen LogP contribution in [0.5, 0.6) is 0 Å². The Hall–Kier alpha value is -1.60. The number of morpholine rings is 1. The van der Waals surface area contributed by atoms with Crippen LogP contribution in [0, 0.1) is 5.92 Å². The molecular formula is C14H21N5O2. The first-order chi connectivity index (χ1) is 10.2. The van der Waals surface area contributed by atoms with E-state index < -0.39 is 0 Å². The summed E-state index contributed by atoms with van der Waals surface area (Å²) in [6, 6.07) is 2.18. The molecule has 4 rings (SSSR count). The highest BCUT2D eigenvalue weighted by molar-refractivity contribution is 5.93. The van der Waals surface area contributed by atoms with Crippen molar-refractivity contribution in [2.24, 2.45) is 5.92 Å². The zero-order valence-electron chi connectivity index (χ0n) is 11.9. The Bertz CT molecular complexity index is 541. The van der Waals surface area contributed by atoms with Crippen LogP contribution in [0.2, 0.25) is 0 Å². The maximum atomic E-state index is 12.1. The molecule has 4 N–H and O–H groups in total. The van der Waals surface area contributed by atoms with Crippen molar-refractivity contribution >= 4 is 11.7 Å². The molecule has 0 aromatic carbocycles. The Balaban J connectivity index is 1.34. The highest BCUT2D eigenvalue weighted by atomic mass is 16.5. The van der Waals surface area contributed by atoms with Gasteiger partial charge in [0.2, 0.25) is 0 Å². The van der Waals surface area contributed by atoms with Gasteiger partial charge in [0.15, 0.2) is 0 Å². The van der Waals surface area contributed by atoms with Crippen LogP contribution >= 0.6 is 0 Å². The second kappa shape index (κ2) is 4.99. The van der Waals surface area contributed by atoms with Crippen molar-refractivity contribution in [2.75, 3.05) is 25.4 Å². The predicted octanol–water partition coefficient (Wildman–Crippen LogP) is -0.0266. The van der Waals surface area contributed by atoms with Gasteiger partial charge in [-0.25, -0.2) is 0 Å². The molecule has 2 aliphatic heterocycles. The number of ether oxygens (including phenoxy) is 1. The van der Waals surface area contributed by atoms with Gasteiger partial charge in [0.25, 0.3) is 5.91 Å². The summed E-state index contributed by atoms with van der Waals surface area (Å²) in [6.45, 7) is 2.72. The second-order valence-electron chi connectivity index (χ2n) is 6.43. The third kappa shape index (κ3) is 2.63. The number of rotatable bonds is 3. The van der Waals surface area contributed by atoms with Gasteiger partial charge in [0.1, 0.15) is 11.5 Å². The topological polar surface area (TPSA) is 96.3 Å². The average Bonchev–Trinajstić information content (AvgIpc) is 3.10. The Labute approximate surface area is 123 Å². The first kappa shape index (κ1) is 13.1. The van der Waals surface area contributed by atoms with E-state index in [-0.39, 0.29) is 11.9 Å². The zero-order chi connectivity index (χ0) is 14.4. The number of nitrogens with zero attached hydrogens (tertiary/aromatic N) is 2. The third-order valence-corrected chi connectivity index (χ3v) is 4.77. The van der Waals surface area contributed by atoms with Gasteiger partial charge in [-0.2, -0.15) is 5.10 Å². The molecule has 3 aliphatic rings. The van der Waals surface area contributed by atoms with E-state index in [4.69, 9.17) is 10.5 Å². The first-order valence-corrected chi connectivity index (χ1v) is 7.66. The van der Waals surface area contributed by atoms with Gasteiger partial charge in [-0.15, -0.1) is 0 Å². The smallest absolute Gasteiger partial charge is 0.269 e. The SMILES string of the molecule is Nc1cc(C(=O)N[C@H]2C[C@H]3CO[C@@H](C4CC4)CN3C2)[nH]n1. The largest absolute Gasteiger partial charge is 0.382 e. The predicted molar refractivity (Wildman–Crippen MR) is 76.7 cm³/mol. The number of amides is 1. The lowest BCUT2D eigenvalue weighted by Gasteiger charge is -2.35. The molecule has 3 atom stereocenters. The first-order valence-electron chi connectivity index (χ1n) is 7.66. The maximum absolute atomic E-state index is 12.1. The molecule has 114 valence electrons. The van der Waals surface area contributed by atoms with Crippen LogP contribution < -0.4 is 11.1 Å². The van der Waals surface area contributed by atoms with Crippen molar-refractivity contribution in [3.63, 3.8) is 0 Å². The van der Waals surface area contributed by atoms with Gasteiger partial charge in [-0.05, 0) is 25.2 Å². The van der Waals surface area contributed by atoms with Crippen molar-refractivity contribution < 1.29 is 9.53 Å². The van der Waals surface area contributed by atoms with E-state index in [0.717, 1.165) is 32.0 Å². The van der Waals surface area contributed by atoms with E-state index in [0.29, 0.717) is 23.7 Å². The molecular weight excluding hydrogens is 270 g/mol. The van der Waals surface area contributed by atoms with Crippen LogP contribution in [0.15, 0.2) is 6.07 Å². The highest BCUT2D eigenvalue weighted by Crippen LogP contribution is 2.37. The van der Waals surface area contributed by atoms with E-state index in [1.54, 1.807) is 6.07 Å². The molecule has 1 saturated carbocycles. The number of hydrogen-bond donors (Lipinski definition) is 3. The summed E-state index contributed by atoms with van der Waals surface area (Å²) >= 11 is 0. The highest BCUT2D eigenvalue weighted by Gasteiger charge is 2.42. The monoisotopic (exact) mass is 291 g/mol. The van der Waals surface area contributed by atoms with E-state index >= 15 is 0 Å². The van der Waals surface area contributed by atoms with Gasteiger partial charge in [0.05, 0.1) is 12.7 Å². The van der Waals surface area contributed by atoms with E-state index in [1.807, 2.05) is 0 Å². The zero-order valence-corrected chi connectivity index (χ0v) is 11.9. The fourth-order valence-electron chi connectivity index (χ4n) is 3.47. The minimum Gasteiger partial charge on any atom is -0.382 e. The molecule has 1 aromatic rings. The average molecular weight is 291 g/mol. The molecule has 1 aromatic heterocycles. The normalized spacial score (nSPS) is 32.9. The second-order valence-corrected chi connectivity index (χ2v) is 6.43. The minimum absolute atomic E-state index is 0.135. The van der Waals surface area contributed by atoms with Crippen molar-refractivity contribution in [1.29, 1.82) is 0 Å². The fraction of sp³-hybridized carbons (Fsp3) is 0.714. The molecule has 3 heterocycles. The van der Waals surface area contributed by atoms with Crippen molar-refractivity contribution in [3.05, 3.63) is 11.8 Å². The fourth-order valence-corrected chi connectivity index (χ4v) is 3.47. The van der Waals surface area contributed by atoms with Gasteiger partial charge >= 0.3 is 0 Å². The van der Waals surface area contributed by atoms with Crippen LogP contribution in [0.3, 0.4) is 0 Å². The standard InChI is InChI=1S/C14H21N5O2/c15-13-4-11(17-18-13)14(20)16-9-3-10-7-21-12(8-1-2-8)6-19(10)5-9/h4,8-10,12H,1-3,5-7H2,(H,16,20)(H3,15,17,18)/t9-,10-,12+/m0/s1. The minimum atomic E-state index is -0.135. The number of hydrogen-bond acceptors (Lipinski definition) is 5. The lowest BCUT2D eigenvalue weighted by atomic mass is 10.1. The summed E-state index contributed by atoms with van der Waals surface area (Å²) in [5, 5.41) is 9.49.